The molecule has 2 rings (SSSR count). The summed E-state index contributed by atoms with van der Waals surface area (Å²) in [5, 5.41) is 8.41. The first kappa shape index (κ1) is 9.76. The monoisotopic (exact) mass is 205 g/mol. The number of aryl methyl sites for hydroxylation is 1. The minimum Gasteiger partial charge on any atom is -0.396 e. The van der Waals surface area contributed by atoms with Gasteiger partial charge in [0.1, 0.15) is 0 Å². The van der Waals surface area contributed by atoms with Crippen LogP contribution >= 0.6 is 0 Å². The van der Waals surface area contributed by atoms with Crippen molar-refractivity contribution in [2.75, 3.05) is 5.73 Å². The van der Waals surface area contributed by atoms with Crippen LogP contribution in [0.2, 0.25) is 0 Å². The Kier molecular flexibility index (Phi) is 2.45. The maximum atomic E-state index is 5.72. The highest BCUT2D eigenvalue weighted by Crippen LogP contribution is 2.10. The van der Waals surface area contributed by atoms with E-state index in [1.807, 2.05) is 28.7 Å². The molecule has 5 heteroatoms. The summed E-state index contributed by atoms with van der Waals surface area (Å²) in [4.78, 5) is 0. The quantitative estimate of drug-likeness (QED) is 0.814. The number of hydrogen-bond donors (Lipinski definition) is 1. The molecule has 0 bridgehead atoms. The molecule has 0 saturated heterocycles. The third-order valence-electron chi connectivity index (χ3n) is 2.48. The van der Waals surface area contributed by atoms with Crippen molar-refractivity contribution in [3.05, 3.63) is 29.8 Å². The fourth-order valence-electron chi connectivity index (χ4n) is 1.45. The van der Waals surface area contributed by atoms with Crippen molar-refractivity contribution in [2.24, 2.45) is 0 Å². The zero-order valence-corrected chi connectivity index (χ0v) is 9.01. The Balaban J connectivity index is 2.18. The summed E-state index contributed by atoms with van der Waals surface area (Å²) in [6.45, 7) is 5.64. The summed E-state index contributed by atoms with van der Waals surface area (Å²) in [7, 11) is 0. The lowest BCUT2D eigenvalue weighted by Crippen LogP contribution is -2.03. The summed E-state index contributed by atoms with van der Waals surface area (Å²) in [6, 6.07) is 0. The van der Waals surface area contributed by atoms with Crippen LogP contribution in [-0.2, 0) is 13.1 Å². The van der Waals surface area contributed by atoms with Gasteiger partial charge in [0.2, 0.25) is 0 Å². The van der Waals surface area contributed by atoms with Crippen molar-refractivity contribution >= 4 is 5.69 Å². The molecular weight excluding hydrogens is 190 g/mol. The van der Waals surface area contributed by atoms with Crippen LogP contribution in [0.25, 0.3) is 0 Å². The van der Waals surface area contributed by atoms with Gasteiger partial charge in [-0.2, -0.15) is 10.2 Å². The molecule has 0 amide bonds. The Morgan fingerprint density at radius 2 is 2.13 bits per heavy atom. The van der Waals surface area contributed by atoms with Gasteiger partial charge in [-0.25, -0.2) is 0 Å². The topological polar surface area (TPSA) is 61.7 Å². The molecule has 0 atom stereocenters. The Hall–Kier alpha value is -1.78. The largest absolute Gasteiger partial charge is 0.396 e. The second-order valence-electron chi connectivity index (χ2n) is 3.55. The minimum absolute atomic E-state index is 0.725. The summed E-state index contributed by atoms with van der Waals surface area (Å²) < 4.78 is 3.78. The third kappa shape index (κ3) is 1.86. The van der Waals surface area contributed by atoms with E-state index in [1.165, 1.54) is 0 Å². The van der Waals surface area contributed by atoms with Crippen molar-refractivity contribution < 1.29 is 0 Å². The van der Waals surface area contributed by atoms with Gasteiger partial charge in [-0.05, 0) is 13.8 Å². The van der Waals surface area contributed by atoms with Gasteiger partial charge in [0.05, 0.1) is 30.3 Å². The summed E-state index contributed by atoms with van der Waals surface area (Å²) in [5.41, 5.74) is 8.60. The van der Waals surface area contributed by atoms with Crippen molar-refractivity contribution in [3.63, 3.8) is 0 Å². The number of rotatable bonds is 3. The van der Waals surface area contributed by atoms with E-state index < -0.39 is 0 Å². The van der Waals surface area contributed by atoms with Crippen LogP contribution < -0.4 is 5.73 Å². The van der Waals surface area contributed by atoms with Gasteiger partial charge in [-0.3, -0.25) is 9.36 Å². The van der Waals surface area contributed by atoms with Crippen LogP contribution in [-0.4, -0.2) is 19.6 Å². The van der Waals surface area contributed by atoms with Crippen LogP contribution in [0.1, 0.15) is 18.2 Å². The number of aromatic nitrogens is 4. The van der Waals surface area contributed by atoms with E-state index in [0.29, 0.717) is 0 Å². The van der Waals surface area contributed by atoms with E-state index in [-0.39, 0.29) is 0 Å². The molecule has 2 aromatic rings. The minimum atomic E-state index is 0.725. The average Bonchev–Trinajstić information content (AvgIpc) is 2.80. The van der Waals surface area contributed by atoms with E-state index in [1.54, 1.807) is 6.20 Å². The number of nitrogens with zero attached hydrogens (tertiary/aromatic N) is 4. The standard InChI is InChI=1S/C10H15N5/c1-3-14-6-9(4-12-14)7-15-8(2)10(11)5-13-15/h4-6H,3,7,11H2,1-2H3. The van der Waals surface area contributed by atoms with Crippen LogP contribution in [0.4, 0.5) is 5.69 Å². The maximum absolute atomic E-state index is 5.72. The summed E-state index contributed by atoms with van der Waals surface area (Å²) in [5.74, 6) is 0. The molecule has 0 aliphatic carbocycles. The molecule has 0 aliphatic rings. The third-order valence-corrected chi connectivity index (χ3v) is 2.48. The Labute approximate surface area is 88.5 Å². The second-order valence-corrected chi connectivity index (χ2v) is 3.55. The molecule has 0 spiro atoms. The van der Waals surface area contributed by atoms with Gasteiger partial charge < -0.3 is 5.73 Å². The SMILES string of the molecule is CCn1cc(Cn2ncc(N)c2C)cn1. The van der Waals surface area contributed by atoms with Crippen molar-refractivity contribution in [3.8, 4) is 0 Å². The molecule has 2 aromatic heterocycles. The highest BCUT2D eigenvalue weighted by atomic mass is 15.3. The van der Waals surface area contributed by atoms with Crippen LogP contribution in [0.15, 0.2) is 18.6 Å². The molecule has 80 valence electrons. The first-order chi connectivity index (χ1) is 7.20. The highest BCUT2D eigenvalue weighted by Gasteiger charge is 2.04. The molecular formula is C10H15N5. The van der Waals surface area contributed by atoms with Crippen LogP contribution in [0.3, 0.4) is 0 Å². The molecule has 0 fully saturated rings. The van der Waals surface area contributed by atoms with Crippen LogP contribution in [0.5, 0.6) is 0 Å². The van der Waals surface area contributed by atoms with Crippen molar-refractivity contribution in [2.45, 2.75) is 26.9 Å². The smallest absolute Gasteiger partial charge is 0.0730 e. The van der Waals surface area contributed by atoms with E-state index in [0.717, 1.165) is 30.0 Å². The Morgan fingerprint density at radius 3 is 2.67 bits per heavy atom. The maximum Gasteiger partial charge on any atom is 0.0730 e. The lowest BCUT2D eigenvalue weighted by atomic mass is 10.3. The lowest BCUT2D eigenvalue weighted by molar-refractivity contribution is 0.650. The van der Waals surface area contributed by atoms with Gasteiger partial charge >= 0.3 is 0 Å². The summed E-state index contributed by atoms with van der Waals surface area (Å²) >= 11 is 0. The number of nitrogens with two attached hydrogens (primary N) is 1. The summed E-state index contributed by atoms with van der Waals surface area (Å²) in [6.07, 6.45) is 5.57. The molecule has 2 N–H and O–H groups in total. The molecule has 0 aromatic carbocycles. The zero-order valence-electron chi connectivity index (χ0n) is 9.01. The van der Waals surface area contributed by atoms with E-state index in [4.69, 9.17) is 5.73 Å². The second kappa shape index (κ2) is 3.76. The van der Waals surface area contributed by atoms with Crippen LogP contribution in [0, 0.1) is 6.92 Å². The first-order valence-electron chi connectivity index (χ1n) is 5.00. The number of nitrogen functional groups attached to an aromatic ring is 1. The predicted molar refractivity (Wildman–Crippen MR) is 58.4 cm³/mol. The highest BCUT2D eigenvalue weighted by molar-refractivity contribution is 5.39. The van der Waals surface area contributed by atoms with Gasteiger partial charge in [0, 0.05) is 18.3 Å². The average molecular weight is 205 g/mol. The number of hydrogen-bond acceptors (Lipinski definition) is 3. The molecule has 0 radical (unpaired) electrons. The zero-order chi connectivity index (χ0) is 10.8. The lowest BCUT2D eigenvalue weighted by Gasteiger charge is -2.01. The molecule has 0 unspecified atom stereocenters. The van der Waals surface area contributed by atoms with Gasteiger partial charge in [-0.15, -0.1) is 0 Å². The molecule has 0 saturated carbocycles. The molecule has 2 heterocycles. The van der Waals surface area contributed by atoms with Gasteiger partial charge in [-0.1, -0.05) is 0 Å². The van der Waals surface area contributed by atoms with Crippen molar-refractivity contribution in [1.29, 1.82) is 0 Å². The van der Waals surface area contributed by atoms with Gasteiger partial charge in [0.15, 0.2) is 0 Å². The van der Waals surface area contributed by atoms with Gasteiger partial charge in [0.25, 0.3) is 0 Å². The Bertz CT molecular complexity index is 454. The van der Waals surface area contributed by atoms with E-state index in [2.05, 4.69) is 17.1 Å². The normalized spacial score (nSPS) is 10.8. The molecule has 0 aliphatic heterocycles. The van der Waals surface area contributed by atoms with E-state index >= 15 is 0 Å². The predicted octanol–water partition coefficient (Wildman–Crippen LogP) is 1.04. The first-order valence-corrected chi connectivity index (χ1v) is 5.00. The molecule has 5 nitrogen and oxygen atoms in total. The number of anilines is 1. The van der Waals surface area contributed by atoms with Crippen molar-refractivity contribution in [1.82, 2.24) is 19.6 Å². The van der Waals surface area contributed by atoms with E-state index in [9.17, 15) is 0 Å². The fourth-order valence-corrected chi connectivity index (χ4v) is 1.45. The fraction of sp³-hybridized carbons (Fsp3) is 0.400. The Morgan fingerprint density at radius 1 is 1.33 bits per heavy atom. The molecule has 15 heavy (non-hydrogen) atoms.